The van der Waals surface area contributed by atoms with Crippen LogP contribution in [0.1, 0.15) is 12.0 Å². The third-order valence-electron chi connectivity index (χ3n) is 2.72. The summed E-state index contributed by atoms with van der Waals surface area (Å²) in [6.45, 7) is -0.0513. The van der Waals surface area contributed by atoms with Gasteiger partial charge in [0.15, 0.2) is 0 Å². The fourth-order valence-electron chi connectivity index (χ4n) is 1.70. The van der Waals surface area contributed by atoms with E-state index >= 15 is 0 Å². The van der Waals surface area contributed by atoms with Crippen LogP contribution in [0, 0.1) is 0 Å². The van der Waals surface area contributed by atoms with Crippen LogP contribution in [0.4, 0.5) is 8.78 Å². The van der Waals surface area contributed by atoms with Crippen LogP contribution in [0.3, 0.4) is 0 Å². The van der Waals surface area contributed by atoms with Crippen LogP contribution in [-0.4, -0.2) is 17.5 Å². The first-order chi connectivity index (χ1) is 6.53. The number of halogens is 3. The summed E-state index contributed by atoms with van der Waals surface area (Å²) in [5, 5.41) is 0. The Morgan fingerprint density at radius 2 is 2.21 bits per heavy atom. The van der Waals surface area contributed by atoms with Crippen molar-refractivity contribution in [2.45, 2.75) is 17.8 Å². The Hall–Kier alpha value is -0.550. The van der Waals surface area contributed by atoms with Gasteiger partial charge in [-0.3, -0.25) is 0 Å². The highest BCUT2D eigenvalue weighted by Crippen LogP contribution is 2.61. The lowest BCUT2D eigenvalue weighted by Crippen LogP contribution is -2.27. The van der Waals surface area contributed by atoms with E-state index in [1.807, 2.05) is 0 Å². The van der Waals surface area contributed by atoms with Crippen molar-refractivity contribution in [2.24, 2.45) is 5.73 Å². The summed E-state index contributed by atoms with van der Waals surface area (Å²) in [4.78, 5) is 3.93. The molecule has 2 nitrogen and oxygen atoms in total. The largest absolute Gasteiger partial charge is 0.329 e. The minimum Gasteiger partial charge on any atom is -0.329 e. The second-order valence-corrected chi connectivity index (χ2v) is 4.26. The van der Waals surface area contributed by atoms with Gasteiger partial charge in [-0.25, -0.2) is 13.8 Å². The smallest absolute Gasteiger partial charge is 0.260 e. The summed E-state index contributed by atoms with van der Waals surface area (Å²) in [6.07, 6.45) is 1.37. The maximum Gasteiger partial charge on any atom is 0.260 e. The standard InChI is InChI=1S/C9H9BrF2N2/c10-7-6(2-1-3-14-7)8(5-13)4-9(8,11)12/h1-3H,4-5,13H2. The number of nitrogens with two attached hydrogens (primary N) is 1. The molecule has 0 radical (unpaired) electrons. The molecule has 2 rings (SSSR count). The minimum atomic E-state index is -2.69. The van der Waals surface area contributed by atoms with Crippen LogP contribution in [0.5, 0.6) is 0 Å². The summed E-state index contributed by atoms with van der Waals surface area (Å²) in [6, 6.07) is 3.29. The zero-order chi connectivity index (χ0) is 10.4. The van der Waals surface area contributed by atoms with Crippen LogP contribution >= 0.6 is 15.9 Å². The molecule has 76 valence electrons. The Morgan fingerprint density at radius 3 is 2.64 bits per heavy atom. The van der Waals surface area contributed by atoms with Crippen molar-refractivity contribution < 1.29 is 8.78 Å². The average molecular weight is 263 g/mol. The molecule has 14 heavy (non-hydrogen) atoms. The fourth-order valence-corrected chi connectivity index (χ4v) is 2.33. The van der Waals surface area contributed by atoms with Crippen molar-refractivity contribution in [1.29, 1.82) is 0 Å². The Bertz CT molecular complexity index is 370. The molecule has 1 heterocycles. The molecule has 1 aromatic rings. The Labute approximate surface area is 88.6 Å². The van der Waals surface area contributed by atoms with E-state index in [1.165, 1.54) is 0 Å². The number of nitrogens with zero attached hydrogens (tertiary/aromatic N) is 1. The highest BCUT2D eigenvalue weighted by Gasteiger charge is 2.71. The molecule has 1 atom stereocenters. The molecular weight excluding hydrogens is 254 g/mol. The van der Waals surface area contributed by atoms with E-state index in [2.05, 4.69) is 20.9 Å². The Morgan fingerprint density at radius 1 is 1.57 bits per heavy atom. The first-order valence-electron chi connectivity index (χ1n) is 4.22. The van der Waals surface area contributed by atoms with Gasteiger partial charge in [0.05, 0.1) is 5.41 Å². The first-order valence-corrected chi connectivity index (χ1v) is 5.02. The maximum absolute atomic E-state index is 13.2. The van der Waals surface area contributed by atoms with Crippen LogP contribution in [0.15, 0.2) is 22.9 Å². The summed E-state index contributed by atoms with van der Waals surface area (Å²) in [5.74, 6) is -2.69. The van der Waals surface area contributed by atoms with Gasteiger partial charge in [0.25, 0.3) is 5.92 Å². The number of aromatic nitrogens is 1. The normalized spacial score (nSPS) is 28.9. The number of rotatable bonds is 2. The molecule has 1 saturated carbocycles. The summed E-state index contributed by atoms with van der Waals surface area (Å²) < 4.78 is 26.8. The van der Waals surface area contributed by atoms with E-state index in [0.29, 0.717) is 10.2 Å². The van der Waals surface area contributed by atoms with Gasteiger partial charge in [-0.05, 0) is 27.6 Å². The number of hydrogen-bond donors (Lipinski definition) is 1. The monoisotopic (exact) mass is 262 g/mol. The Balaban J connectivity index is 2.46. The van der Waals surface area contributed by atoms with Gasteiger partial charge in [-0.1, -0.05) is 6.07 Å². The third kappa shape index (κ3) is 1.19. The van der Waals surface area contributed by atoms with E-state index in [9.17, 15) is 8.78 Å². The molecule has 1 aliphatic rings. The predicted octanol–water partition coefficient (Wildman–Crippen LogP) is 2.08. The van der Waals surface area contributed by atoms with E-state index in [4.69, 9.17) is 5.73 Å². The minimum absolute atomic E-state index is 0.0513. The molecule has 0 amide bonds. The lowest BCUT2D eigenvalue weighted by molar-refractivity contribution is 0.0893. The van der Waals surface area contributed by atoms with Crippen LogP contribution < -0.4 is 5.73 Å². The van der Waals surface area contributed by atoms with Crippen molar-refractivity contribution in [3.63, 3.8) is 0 Å². The number of hydrogen-bond acceptors (Lipinski definition) is 2. The molecule has 1 aromatic heterocycles. The van der Waals surface area contributed by atoms with Gasteiger partial charge in [0.1, 0.15) is 4.60 Å². The van der Waals surface area contributed by atoms with E-state index in [1.54, 1.807) is 18.3 Å². The zero-order valence-electron chi connectivity index (χ0n) is 7.30. The predicted molar refractivity (Wildman–Crippen MR) is 52.2 cm³/mol. The summed E-state index contributed by atoms with van der Waals surface area (Å²) in [7, 11) is 0. The Kier molecular flexibility index (Phi) is 2.12. The van der Waals surface area contributed by atoms with Crippen molar-refractivity contribution in [3.05, 3.63) is 28.5 Å². The topological polar surface area (TPSA) is 38.9 Å². The highest BCUT2D eigenvalue weighted by molar-refractivity contribution is 9.10. The molecule has 5 heteroatoms. The molecule has 1 unspecified atom stereocenters. The van der Waals surface area contributed by atoms with Crippen molar-refractivity contribution >= 4 is 15.9 Å². The highest BCUT2D eigenvalue weighted by atomic mass is 79.9. The molecule has 1 aliphatic carbocycles. The summed E-state index contributed by atoms with van der Waals surface area (Å²) in [5.41, 5.74) is 4.73. The molecular formula is C9H9BrF2N2. The maximum atomic E-state index is 13.2. The van der Waals surface area contributed by atoms with Crippen molar-refractivity contribution in [3.8, 4) is 0 Å². The second kappa shape index (κ2) is 2.97. The second-order valence-electron chi connectivity index (χ2n) is 3.51. The van der Waals surface area contributed by atoms with Gasteiger partial charge in [0, 0.05) is 19.2 Å². The molecule has 0 bridgehead atoms. The molecule has 0 spiro atoms. The van der Waals surface area contributed by atoms with Gasteiger partial charge in [-0.2, -0.15) is 0 Å². The molecule has 1 fully saturated rings. The molecule has 0 aliphatic heterocycles. The van der Waals surface area contributed by atoms with Crippen molar-refractivity contribution in [2.75, 3.05) is 6.54 Å². The average Bonchev–Trinajstić information content (AvgIpc) is 2.70. The quantitative estimate of drug-likeness (QED) is 0.829. The van der Waals surface area contributed by atoms with E-state index < -0.39 is 11.3 Å². The van der Waals surface area contributed by atoms with Crippen LogP contribution in [-0.2, 0) is 5.41 Å². The summed E-state index contributed by atoms with van der Waals surface area (Å²) >= 11 is 3.16. The lowest BCUT2D eigenvalue weighted by Gasteiger charge is -2.14. The SMILES string of the molecule is NCC1(c2cccnc2Br)CC1(F)F. The van der Waals surface area contributed by atoms with Gasteiger partial charge in [-0.15, -0.1) is 0 Å². The lowest BCUT2D eigenvalue weighted by atomic mass is 9.97. The number of pyridine rings is 1. The fraction of sp³-hybridized carbons (Fsp3) is 0.444. The van der Waals surface area contributed by atoms with Gasteiger partial charge < -0.3 is 5.73 Å². The van der Waals surface area contributed by atoms with Gasteiger partial charge in [0.2, 0.25) is 0 Å². The van der Waals surface area contributed by atoms with Crippen LogP contribution in [0.25, 0.3) is 0 Å². The third-order valence-corrected chi connectivity index (χ3v) is 3.35. The van der Waals surface area contributed by atoms with Crippen molar-refractivity contribution in [1.82, 2.24) is 4.98 Å². The zero-order valence-corrected chi connectivity index (χ0v) is 8.89. The molecule has 2 N–H and O–H groups in total. The van der Waals surface area contributed by atoms with Gasteiger partial charge >= 0.3 is 0 Å². The van der Waals surface area contributed by atoms with E-state index in [-0.39, 0.29) is 13.0 Å². The van der Waals surface area contributed by atoms with Crippen LogP contribution in [0.2, 0.25) is 0 Å². The molecule has 0 aromatic carbocycles. The molecule has 0 saturated heterocycles. The van der Waals surface area contributed by atoms with E-state index in [0.717, 1.165) is 0 Å². The first kappa shape index (κ1) is 9.98. The number of alkyl halides is 2.